The Morgan fingerprint density at radius 3 is 2.50 bits per heavy atom. The Balaban J connectivity index is 3.19. The number of hydrogen-bond acceptors (Lipinski definition) is 2. The fraction of sp³-hybridized carbons (Fsp3) is 0.625. The largest absolute Gasteiger partial charge is 0.379 e. The highest BCUT2D eigenvalue weighted by Gasteiger charge is 2.34. The second kappa shape index (κ2) is 7.39. The van der Waals surface area contributed by atoms with Crippen molar-refractivity contribution in [2.24, 2.45) is 5.41 Å². The predicted molar refractivity (Wildman–Crippen MR) is 82.7 cm³/mol. The maximum Gasteiger partial charge on any atom is 0.123 e. The van der Waals surface area contributed by atoms with E-state index in [1.807, 2.05) is 0 Å². The average molecular weight is 302 g/mol. The second-order valence-electron chi connectivity index (χ2n) is 6.12. The number of ether oxygens (including phenoxy) is 1. The van der Waals surface area contributed by atoms with Crippen LogP contribution in [0, 0.1) is 11.2 Å². The second-order valence-corrected chi connectivity index (χ2v) is 6.53. The van der Waals surface area contributed by atoms with Gasteiger partial charge in [0.2, 0.25) is 0 Å². The molecule has 2 unspecified atom stereocenters. The Kier molecular flexibility index (Phi) is 6.44. The zero-order chi connectivity index (χ0) is 15.3. The van der Waals surface area contributed by atoms with Crippen molar-refractivity contribution in [2.75, 3.05) is 13.7 Å². The average Bonchev–Trinajstić information content (AvgIpc) is 2.36. The van der Waals surface area contributed by atoms with Crippen molar-refractivity contribution in [3.63, 3.8) is 0 Å². The molecular weight excluding hydrogens is 277 g/mol. The predicted octanol–water partition coefficient (Wildman–Crippen LogP) is 4.58. The van der Waals surface area contributed by atoms with E-state index in [1.165, 1.54) is 12.1 Å². The summed E-state index contributed by atoms with van der Waals surface area (Å²) in [6.07, 6.45) is 0.887. The van der Waals surface area contributed by atoms with Crippen LogP contribution < -0.4 is 5.32 Å². The normalized spacial score (nSPS) is 15.2. The molecule has 0 saturated heterocycles. The maximum absolute atomic E-state index is 13.6. The first-order valence-corrected chi connectivity index (χ1v) is 7.40. The van der Waals surface area contributed by atoms with E-state index in [0.717, 1.165) is 18.5 Å². The maximum atomic E-state index is 13.6. The quantitative estimate of drug-likeness (QED) is 0.830. The first-order chi connectivity index (χ1) is 9.31. The van der Waals surface area contributed by atoms with Crippen molar-refractivity contribution in [1.29, 1.82) is 0 Å². The molecule has 0 fully saturated rings. The molecule has 0 aliphatic rings. The lowest BCUT2D eigenvalue weighted by Crippen LogP contribution is -2.42. The molecule has 0 aliphatic carbocycles. The fourth-order valence-corrected chi connectivity index (χ4v) is 2.66. The summed E-state index contributed by atoms with van der Waals surface area (Å²) in [7, 11) is 1.68. The van der Waals surface area contributed by atoms with E-state index in [-0.39, 0.29) is 23.4 Å². The van der Waals surface area contributed by atoms with Gasteiger partial charge in [0, 0.05) is 12.1 Å². The minimum Gasteiger partial charge on any atom is -0.379 e. The fourth-order valence-electron chi connectivity index (χ4n) is 2.42. The van der Waals surface area contributed by atoms with E-state index in [4.69, 9.17) is 16.3 Å². The lowest BCUT2D eigenvalue weighted by atomic mass is 9.82. The van der Waals surface area contributed by atoms with E-state index >= 15 is 0 Å². The molecule has 0 aliphatic heterocycles. The van der Waals surface area contributed by atoms with Gasteiger partial charge < -0.3 is 10.1 Å². The summed E-state index contributed by atoms with van der Waals surface area (Å²) < 4.78 is 19.2. The molecule has 0 saturated carbocycles. The lowest BCUT2D eigenvalue weighted by molar-refractivity contribution is -0.0119. The molecule has 2 nitrogen and oxygen atoms in total. The van der Waals surface area contributed by atoms with Crippen molar-refractivity contribution in [3.05, 3.63) is 34.6 Å². The summed E-state index contributed by atoms with van der Waals surface area (Å²) in [5.74, 6) is -0.281. The van der Waals surface area contributed by atoms with Crippen LogP contribution in [-0.2, 0) is 4.74 Å². The Morgan fingerprint density at radius 1 is 1.35 bits per heavy atom. The topological polar surface area (TPSA) is 21.3 Å². The first kappa shape index (κ1) is 17.4. The molecule has 0 radical (unpaired) electrons. The third kappa shape index (κ3) is 4.44. The molecule has 0 bridgehead atoms. The van der Waals surface area contributed by atoms with Crippen LogP contribution in [0.25, 0.3) is 0 Å². The van der Waals surface area contributed by atoms with Crippen LogP contribution in [0.5, 0.6) is 0 Å². The third-order valence-electron chi connectivity index (χ3n) is 3.32. The summed E-state index contributed by atoms with van der Waals surface area (Å²) >= 11 is 6.26. The molecule has 0 aromatic heterocycles. The summed E-state index contributed by atoms with van der Waals surface area (Å²) in [5, 5.41) is 4.00. The van der Waals surface area contributed by atoms with E-state index in [2.05, 4.69) is 33.0 Å². The monoisotopic (exact) mass is 301 g/mol. The van der Waals surface area contributed by atoms with Gasteiger partial charge in [0.05, 0.1) is 12.1 Å². The number of methoxy groups -OCH3 is 1. The number of hydrogen-bond donors (Lipinski definition) is 1. The summed E-state index contributed by atoms with van der Waals surface area (Å²) in [4.78, 5) is 0. The Morgan fingerprint density at radius 2 is 2.00 bits per heavy atom. The molecule has 1 rings (SSSR count). The van der Waals surface area contributed by atoms with Gasteiger partial charge in [-0.2, -0.15) is 0 Å². The SMILES string of the molecule is CCCNC(c1cc(F)ccc1Cl)C(OC)C(C)(C)C. The smallest absolute Gasteiger partial charge is 0.123 e. The minimum absolute atomic E-state index is 0.0875. The third-order valence-corrected chi connectivity index (χ3v) is 3.66. The van der Waals surface area contributed by atoms with Crippen molar-refractivity contribution in [1.82, 2.24) is 5.32 Å². The summed E-state index contributed by atoms with van der Waals surface area (Å²) in [6, 6.07) is 4.33. The number of halogens is 2. The molecule has 1 N–H and O–H groups in total. The van der Waals surface area contributed by atoms with Gasteiger partial charge in [0.25, 0.3) is 0 Å². The number of benzene rings is 1. The standard InChI is InChI=1S/C16H25ClFNO/c1-6-9-19-14(15(20-5)16(2,3)4)12-10-11(18)7-8-13(12)17/h7-8,10,14-15,19H,6,9H2,1-5H3. The van der Waals surface area contributed by atoms with Gasteiger partial charge in [0.1, 0.15) is 5.82 Å². The van der Waals surface area contributed by atoms with Gasteiger partial charge in [-0.25, -0.2) is 4.39 Å². The van der Waals surface area contributed by atoms with Crippen molar-refractivity contribution in [2.45, 2.75) is 46.3 Å². The minimum atomic E-state index is -0.281. The molecule has 114 valence electrons. The van der Waals surface area contributed by atoms with Gasteiger partial charge in [0.15, 0.2) is 0 Å². The Hall–Kier alpha value is -0.640. The first-order valence-electron chi connectivity index (χ1n) is 7.02. The van der Waals surface area contributed by atoms with E-state index in [1.54, 1.807) is 13.2 Å². The van der Waals surface area contributed by atoms with Gasteiger partial charge in [-0.15, -0.1) is 0 Å². The van der Waals surface area contributed by atoms with Gasteiger partial charge in [-0.1, -0.05) is 39.3 Å². The highest BCUT2D eigenvalue weighted by molar-refractivity contribution is 6.31. The zero-order valence-electron chi connectivity index (χ0n) is 13.0. The van der Waals surface area contributed by atoms with Crippen LogP contribution in [0.1, 0.15) is 45.7 Å². The van der Waals surface area contributed by atoms with Crippen molar-refractivity contribution >= 4 is 11.6 Å². The van der Waals surface area contributed by atoms with Crippen LogP contribution in [0.15, 0.2) is 18.2 Å². The molecule has 2 atom stereocenters. The summed E-state index contributed by atoms with van der Waals surface area (Å²) in [6.45, 7) is 9.24. The highest BCUT2D eigenvalue weighted by atomic mass is 35.5. The van der Waals surface area contributed by atoms with Crippen LogP contribution in [0.4, 0.5) is 4.39 Å². The van der Waals surface area contributed by atoms with Crippen molar-refractivity contribution in [3.8, 4) is 0 Å². The number of nitrogens with one attached hydrogen (secondary N) is 1. The van der Waals surface area contributed by atoms with Crippen LogP contribution in [0.2, 0.25) is 5.02 Å². The highest BCUT2D eigenvalue weighted by Crippen LogP contribution is 2.35. The number of rotatable bonds is 6. The molecule has 20 heavy (non-hydrogen) atoms. The van der Waals surface area contributed by atoms with Gasteiger partial charge in [-0.3, -0.25) is 0 Å². The summed E-state index contributed by atoms with van der Waals surface area (Å²) in [5.41, 5.74) is 0.664. The van der Waals surface area contributed by atoms with Crippen LogP contribution in [0.3, 0.4) is 0 Å². The van der Waals surface area contributed by atoms with E-state index in [9.17, 15) is 4.39 Å². The Bertz CT molecular complexity index is 431. The molecular formula is C16H25ClFNO. The van der Waals surface area contributed by atoms with Gasteiger partial charge >= 0.3 is 0 Å². The van der Waals surface area contributed by atoms with E-state index < -0.39 is 0 Å². The Labute approximate surface area is 126 Å². The molecule has 1 aromatic carbocycles. The van der Waals surface area contributed by atoms with Gasteiger partial charge in [-0.05, 0) is 42.1 Å². The molecule has 0 heterocycles. The molecule has 1 aromatic rings. The van der Waals surface area contributed by atoms with E-state index in [0.29, 0.717) is 5.02 Å². The van der Waals surface area contributed by atoms with Crippen LogP contribution in [-0.4, -0.2) is 19.8 Å². The van der Waals surface area contributed by atoms with Crippen molar-refractivity contribution < 1.29 is 9.13 Å². The zero-order valence-corrected chi connectivity index (χ0v) is 13.7. The molecule has 0 spiro atoms. The lowest BCUT2D eigenvalue weighted by Gasteiger charge is -2.37. The van der Waals surface area contributed by atoms with Crippen LogP contribution >= 0.6 is 11.6 Å². The molecule has 0 amide bonds. The molecule has 4 heteroatoms.